The van der Waals surface area contributed by atoms with E-state index in [9.17, 15) is 9.18 Å². The Hall–Kier alpha value is -1.07. The molecule has 1 atom stereocenters. The van der Waals surface area contributed by atoms with Crippen LogP contribution in [-0.4, -0.2) is 40.1 Å². The average Bonchev–Trinajstić information content (AvgIpc) is 2.34. The van der Waals surface area contributed by atoms with Gasteiger partial charge in [-0.05, 0) is 25.1 Å². The molecule has 0 saturated carbocycles. The molecule has 3 nitrogen and oxygen atoms in total. The Bertz CT molecular complexity index is 453. The second kappa shape index (κ2) is 5.71. The molecule has 1 aliphatic heterocycles. The first-order valence-corrected chi connectivity index (χ1v) is 7.07. The molecule has 18 heavy (non-hydrogen) atoms. The molecular weight excluding hydrogens is 253 g/mol. The molecule has 1 aliphatic rings. The van der Waals surface area contributed by atoms with Gasteiger partial charge in [-0.3, -0.25) is 4.90 Å². The van der Waals surface area contributed by atoms with Crippen molar-refractivity contribution in [2.75, 3.05) is 18.1 Å². The minimum Gasteiger partial charge on any atom is -0.478 e. The van der Waals surface area contributed by atoms with Crippen LogP contribution in [0.5, 0.6) is 0 Å². The summed E-state index contributed by atoms with van der Waals surface area (Å²) in [5, 5.41) is 8.92. The zero-order valence-electron chi connectivity index (χ0n) is 10.2. The Balaban J connectivity index is 2.17. The summed E-state index contributed by atoms with van der Waals surface area (Å²) in [6, 6.07) is 4.38. The number of halogens is 1. The lowest BCUT2D eigenvalue weighted by Crippen LogP contribution is -2.39. The van der Waals surface area contributed by atoms with Gasteiger partial charge in [0.25, 0.3) is 0 Å². The zero-order chi connectivity index (χ0) is 13.1. The van der Waals surface area contributed by atoms with Crippen LogP contribution in [0.15, 0.2) is 18.2 Å². The first-order valence-electron chi connectivity index (χ1n) is 5.91. The number of hydrogen-bond donors (Lipinski definition) is 1. The molecule has 0 amide bonds. The van der Waals surface area contributed by atoms with Gasteiger partial charge in [-0.2, -0.15) is 11.8 Å². The van der Waals surface area contributed by atoms with E-state index in [2.05, 4.69) is 11.8 Å². The molecule has 1 aromatic carbocycles. The van der Waals surface area contributed by atoms with Crippen molar-refractivity contribution in [1.82, 2.24) is 4.90 Å². The summed E-state index contributed by atoms with van der Waals surface area (Å²) < 4.78 is 13.7. The maximum Gasteiger partial charge on any atom is 0.335 e. The number of aromatic carboxylic acids is 1. The molecule has 0 aromatic heterocycles. The van der Waals surface area contributed by atoms with Gasteiger partial charge < -0.3 is 5.11 Å². The van der Waals surface area contributed by atoms with Crippen LogP contribution in [0.25, 0.3) is 0 Å². The molecule has 0 aliphatic carbocycles. The van der Waals surface area contributed by atoms with Gasteiger partial charge in [0.15, 0.2) is 0 Å². The van der Waals surface area contributed by atoms with Crippen molar-refractivity contribution in [1.29, 1.82) is 0 Å². The van der Waals surface area contributed by atoms with Gasteiger partial charge in [-0.25, -0.2) is 9.18 Å². The van der Waals surface area contributed by atoms with Crippen LogP contribution in [0.2, 0.25) is 0 Å². The molecule has 1 heterocycles. The number of nitrogens with zero attached hydrogens (tertiary/aromatic N) is 1. The number of benzene rings is 1. The van der Waals surface area contributed by atoms with Crippen LogP contribution in [0.3, 0.4) is 0 Å². The quantitative estimate of drug-likeness (QED) is 0.915. The number of carboxylic acid groups (broad SMARTS) is 1. The monoisotopic (exact) mass is 269 g/mol. The molecule has 2 rings (SSSR count). The summed E-state index contributed by atoms with van der Waals surface area (Å²) in [6.07, 6.45) is 0. The smallest absolute Gasteiger partial charge is 0.335 e. The molecule has 1 N–H and O–H groups in total. The maximum absolute atomic E-state index is 13.7. The summed E-state index contributed by atoms with van der Waals surface area (Å²) in [6.45, 7) is 3.52. The first kappa shape index (κ1) is 13.4. The molecule has 0 bridgehead atoms. The molecule has 0 radical (unpaired) electrons. The molecule has 1 aromatic rings. The highest BCUT2D eigenvalue weighted by molar-refractivity contribution is 7.99. The Kier molecular flexibility index (Phi) is 4.24. The summed E-state index contributed by atoms with van der Waals surface area (Å²) in [7, 11) is 0. The van der Waals surface area contributed by atoms with E-state index in [1.54, 1.807) is 0 Å². The van der Waals surface area contributed by atoms with E-state index >= 15 is 0 Å². The van der Waals surface area contributed by atoms with E-state index in [1.807, 2.05) is 11.8 Å². The third-order valence-electron chi connectivity index (χ3n) is 3.17. The highest BCUT2D eigenvalue weighted by atomic mass is 32.2. The molecule has 5 heteroatoms. The van der Waals surface area contributed by atoms with Crippen LogP contribution >= 0.6 is 11.8 Å². The third kappa shape index (κ3) is 3.03. The minimum atomic E-state index is -1.02. The predicted octanol–water partition coefficient (Wildman–Crippen LogP) is 2.46. The van der Waals surface area contributed by atoms with Gasteiger partial charge >= 0.3 is 5.97 Å². The van der Waals surface area contributed by atoms with Crippen molar-refractivity contribution in [2.45, 2.75) is 19.5 Å². The third-order valence-corrected chi connectivity index (χ3v) is 4.36. The first-order chi connectivity index (χ1) is 8.58. The highest BCUT2D eigenvalue weighted by Crippen LogP contribution is 2.20. The van der Waals surface area contributed by atoms with Gasteiger partial charge in [-0.15, -0.1) is 0 Å². The summed E-state index contributed by atoms with van der Waals surface area (Å²) in [5.41, 5.74) is 0.610. The van der Waals surface area contributed by atoms with E-state index in [0.29, 0.717) is 18.2 Å². The van der Waals surface area contributed by atoms with Gasteiger partial charge in [0.05, 0.1) is 5.56 Å². The van der Waals surface area contributed by atoms with E-state index in [4.69, 9.17) is 5.11 Å². The van der Waals surface area contributed by atoms with Crippen LogP contribution in [0.4, 0.5) is 4.39 Å². The largest absolute Gasteiger partial charge is 0.478 e. The van der Waals surface area contributed by atoms with Gasteiger partial charge in [0.1, 0.15) is 5.82 Å². The van der Waals surface area contributed by atoms with Crippen molar-refractivity contribution in [3.05, 3.63) is 35.1 Å². The normalized spacial score (nSPS) is 20.9. The van der Waals surface area contributed by atoms with E-state index in [-0.39, 0.29) is 11.4 Å². The Morgan fingerprint density at radius 3 is 3.06 bits per heavy atom. The standard InChI is InChI=1S/C13H16FNO2S/c1-9-8-18-5-4-15(9)7-11-6-10(13(16)17)2-3-12(11)14/h2-3,6,9H,4-5,7-8H2,1H3,(H,16,17). The molecule has 98 valence electrons. The average molecular weight is 269 g/mol. The van der Waals surface area contributed by atoms with E-state index in [0.717, 1.165) is 18.1 Å². The fourth-order valence-electron chi connectivity index (χ4n) is 2.04. The van der Waals surface area contributed by atoms with Gasteiger partial charge in [-0.1, -0.05) is 0 Å². The summed E-state index contributed by atoms with van der Waals surface area (Å²) >= 11 is 1.90. The molecule has 0 spiro atoms. The number of thioether (sulfide) groups is 1. The van der Waals surface area contributed by atoms with Gasteiger partial charge in [0.2, 0.25) is 0 Å². The number of carboxylic acids is 1. The number of carbonyl (C=O) groups is 1. The number of rotatable bonds is 3. The molecule has 1 fully saturated rings. The number of hydrogen-bond acceptors (Lipinski definition) is 3. The van der Waals surface area contributed by atoms with Crippen molar-refractivity contribution in [2.24, 2.45) is 0 Å². The maximum atomic E-state index is 13.7. The van der Waals surface area contributed by atoms with Crippen LogP contribution < -0.4 is 0 Å². The SMILES string of the molecule is CC1CSCCN1Cc1cc(C(=O)O)ccc1F. The van der Waals surface area contributed by atoms with Crippen LogP contribution in [0, 0.1) is 5.82 Å². The van der Waals surface area contributed by atoms with Crippen molar-refractivity contribution < 1.29 is 14.3 Å². The fraction of sp³-hybridized carbons (Fsp3) is 0.462. The van der Waals surface area contributed by atoms with E-state index < -0.39 is 5.97 Å². The lowest BCUT2D eigenvalue weighted by atomic mass is 10.1. The van der Waals surface area contributed by atoms with Crippen molar-refractivity contribution in [3.63, 3.8) is 0 Å². The Morgan fingerprint density at radius 1 is 1.61 bits per heavy atom. The second-order valence-electron chi connectivity index (χ2n) is 4.51. The topological polar surface area (TPSA) is 40.5 Å². The van der Waals surface area contributed by atoms with Crippen LogP contribution in [0.1, 0.15) is 22.8 Å². The summed E-state index contributed by atoms with van der Waals surface area (Å²) in [5.74, 6) is 0.745. The zero-order valence-corrected chi connectivity index (χ0v) is 11.0. The second-order valence-corrected chi connectivity index (χ2v) is 5.66. The highest BCUT2D eigenvalue weighted by Gasteiger charge is 2.20. The summed E-state index contributed by atoms with van der Waals surface area (Å²) in [4.78, 5) is 13.1. The lowest BCUT2D eigenvalue weighted by molar-refractivity contribution is 0.0696. The van der Waals surface area contributed by atoms with E-state index in [1.165, 1.54) is 18.2 Å². The Labute approximate surface area is 110 Å². The lowest BCUT2D eigenvalue weighted by Gasteiger charge is -2.33. The minimum absolute atomic E-state index is 0.144. The molecular formula is C13H16FNO2S. The van der Waals surface area contributed by atoms with Crippen LogP contribution in [-0.2, 0) is 6.54 Å². The predicted molar refractivity (Wildman–Crippen MR) is 70.6 cm³/mol. The molecule has 1 unspecified atom stereocenters. The van der Waals surface area contributed by atoms with Gasteiger partial charge in [0, 0.05) is 36.2 Å². The van der Waals surface area contributed by atoms with Crippen molar-refractivity contribution in [3.8, 4) is 0 Å². The van der Waals surface area contributed by atoms with Crippen molar-refractivity contribution >= 4 is 17.7 Å². The molecule has 1 saturated heterocycles. The fourth-order valence-corrected chi connectivity index (χ4v) is 3.13. The Morgan fingerprint density at radius 2 is 2.39 bits per heavy atom.